The molecule has 1 N–H and O–H groups in total. The van der Waals surface area contributed by atoms with E-state index in [-0.39, 0.29) is 11.7 Å². The summed E-state index contributed by atoms with van der Waals surface area (Å²) in [6, 6.07) is 4.64. The zero-order valence-corrected chi connectivity index (χ0v) is 11.9. The third-order valence-electron chi connectivity index (χ3n) is 3.47. The van der Waals surface area contributed by atoms with E-state index in [0.29, 0.717) is 17.0 Å². The van der Waals surface area contributed by atoms with Gasteiger partial charge in [0, 0.05) is 17.0 Å². The van der Waals surface area contributed by atoms with E-state index in [4.69, 9.17) is 11.6 Å². The number of aliphatic hydroxyl groups is 1. The maximum Gasteiger partial charge on any atom is 0.127 e. The highest BCUT2D eigenvalue weighted by molar-refractivity contribution is 6.31. The van der Waals surface area contributed by atoms with Gasteiger partial charge >= 0.3 is 0 Å². The lowest BCUT2D eigenvalue weighted by atomic mass is 9.89. The van der Waals surface area contributed by atoms with E-state index < -0.39 is 6.10 Å². The molecule has 0 spiro atoms. The highest BCUT2D eigenvalue weighted by Gasteiger charge is 2.20. The van der Waals surface area contributed by atoms with Crippen LogP contribution in [0.4, 0.5) is 4.39 Å². The molecule has 0 saturated heterocycles. The predicted molar refractivity (Wildman–Crippen MR) is 74.4 cm³/mol. The fourth-order valence-corrected chi connectivity index (χ4v) is 2.48. The normalized spacial score (nSPS) is 14.5. The molecule has 3 heteroatoms. The second kappa shape index (κ2) is 7.75. The molecule has 0 bridgehead atoms. The minimum absolute atomic E-state index is 0.223. The van der Waals surface area contributed by atoms with Crippen molar-refractivity contribution in [2.24, 2.45) is 5.92 Å². The molecule has 1 rings (SSSR count). The lowest BCUT2D eigenvalue weighted by Crippen LogP contribution is -2.23. The summed E-state index contributed by atoms with van der Waals surface area (Å²) in [7, 11) is 0. The molecule has 0 amide bonds. The first-order chi connectivity index (χ1) is 8.60. The molecule has 0 aromatic heterocycles. The van der Waals surface area contributed by atoms with E-state index in [0.717, 1.165) is 25.7 Å². The Balaban J connectivity index is 2.70. The maximum absolute atomic E-state index is 13.6. The number of benzene rings is 1. The number of unbranched alkanes of at least 4 members (excludes halogenated alkanes) is 1. The third kappa shape index (κ3) is 4.25. The molecule has 18 heavy (non-hydrogen) atoms. The SMILES string of the molecule is CCCCC(CC)C(O)Cc1c(F)cccc1Cl. The van der Waals surface area contributed by atoms with Crippen molar-refractivity contribution in [3.63, 3.8) is 0 Å². The van der Waals surface area contributed by atoms with Crippen LogP contribution in [-0.4, -0.2) is 11.2 Å². The van der Waals surface area contributed by atoms with Crippen LogP contribution in [0.25, 0.3) is 0 Å². The Morgan fingerprint density at radius 3 is 2.61 bits per heavy atom. The Hall–Kier alpha value is -0.600. The van der Waals surface area contributed by atoms with E-state index in [1.165, 1.54) is 6.07 Å². The van der Waals surface area contributed by atoms with Gasteiger partial charge in [-0.3, -0.25) is 0 Å². The first-order valence-electron chi connectivity index (χ1n) is 6.71. The van der Waals surface area contributed by atoms with Crippen molar-refractivity contribution in [3.8, 4) is 0 Å². The van der Waals surface area contributed by atoms with Gasteiger partial charge in [0.25, 0.3) is 0 Å². The van der Waals surface area contributed by atoms with E-state index >= 15 is 0 Å². The minimum Gasteiger partial charge on any atom is -0.392 e. The molecule has 0 fully saturated rings. The van der Waals surface area contributed by atoms with E-state index in [1.54, 1.807) is 12.1 Å². The second-order valence-corrected chi connectivity index (χ2v) is 5.19. The van der Waals surface area contributed by atoms with E-state index in [9.17, 15) is 9.50 Å². The summed E-state index contributed by atoms with van der Waals surface area (Å²) >= 11 is 5.97. The molecule has 102 valence electrons. The van der Waals surface area contributed by atoms with E-state index in [1.807, 2.05) is 0 Å². The van der Waals surface area contributed by atoms with Crippen LogP contribution in [0.15, 0.2) is 18.2 Å². The zero-order chi connectivity index (χ0) is 13.5. The van der Waals surface area contributed by atoms with Gasteiger partial charge < -0.3 is 5.11 Å². The number of hydrogen-bond donors (Lipinski definition) is 1. The molecule has 2 atom stereocenters. The van der Waals surface area contributed by atoms with Crippen LogP contribution in [0, 0.1) is 11.7 Å². The molecule has 2 unspecified atom stereocenters. The van der Waals surface area contributed by atoms with Crippen LogP contribution < -0.4 is 0 Å². The number of halogens is 2. The second-order valence-electron chi connectivity index (χ2n) is 4.78. The standard InChI is InChI=1S/C15H22ClFO/c1-3-5-7-11(4-2)15(18)10-12-13(16)8-6-9-14(12)17/h6,8-9,11,15,18H,3-5,7,10H2,1-2H3. The Kier molecular flexibility index (Phi) is 6.66. The molecule has 1 aromatic carbocycles. The molecular formula is C15H22ClFO. The van der Waals surface area contributed by atoms with E-state index in [2.05, 4.69) is 13.8 Å². The van der Waals surface area contributed by atoms with Gasteiger partial charge in [-0.1, -0.05) is 50.8 Å². The molecule has 0 aliphatic carbocycles. The molecule has 0 saturated carbocycles. The lowest BCUT2D eigenvalue weighted by molar-refractivity contribution is 0.0979. The van der Waals surface area contributed by atoms with Gasteiger partial charge in [-0.05, 0) is 24.5 Å². The first kappa shape index (κ1) is 15.5. The summed E-state index contributed by atoms with van der Waals surface area (Å²) in [6.07, 6.45) is 3.89. The fraction of sp³-hybridized carbons (Fsp3) is 0.600. The van der Waals surface area contributed by atoms with Crippen LogP contribution in [0.1, 0.15) is 45.1 Å². The van der Waals surface area contributed by atoms with Gasteiger partial charge in [0.1, 0.15) is 5.82 Å². The summed E-state index contributed by atoms with van der Waals surface area (Å²) in [6.45, 7) is 4.19. The molecule has 0 aliphatic rings. The lowest BCUT2D eigenvalue weighted by Gasteiger charge is -2.22. The highest BCUT2D eigenvalue weighted by atomic mass is 35.5. The Morgan fingerprint density at radius 2 is 2.06 bits per heavy atom. The van der Waals surface area contributed by atoms with Gasteiger partial charge in [0.2, 0.25) is 0 Å². The van der Waals surface area contributed by atoms with Crippen LogP contribution in [0.3, 0.4) is 0 Å². The quantitative estimate of drug-likeness (QED) is 0.769. The molecule has 0 heterocycles. The fourth-order valence-electron chi connectivity index (χ4n) is 2.24. The van der Waals surface area contributed by atoms with Gasteiger partial charge in [-0.15, -0.1) is 0 Å². The molecule has 1 nitrogen and oxygen atoms in total. The number of aliphatic hydroxyl groups excluding tert-OH is 1. The van der Waals surface area contributed by atoms with Crippen molar-refractivity contribution in [1.82, 2.24) is 0 Å². The smallest absolute Gasteiger partial charge is 0.127 e. The monoisotopic (exact) mass is 272 g/mol. The third-order valence-corrected chi connectivity index (χ3v) is 3.83. The van der Waals surface area contributed by atoms with Crippen molar-refractivity contribution in [2.45, 2.75) is 52.1 Å². The average Bonchev–Trinajstić information content (AvgIpc) is 2.35. The average molecular weight is 273 g/mol. The summed E-state index contributed by atoms with van der Waals surface area (Å²) in [5.41, 5.74) is 0.432. The molecule has 1 aromatic rings. The van der Waals surface area contributed by atoms with Crippen molar-refractivity contribution < 1.29 is 9.50 Å². The zero-order valence-electron chi connectivity index (χ0n) is 11.1. The summed E-state index contributed by atoms with van der Waals surface area (Å²) < 4.78 is 13.6. The molecule has 0 radical (unpaired) electrons. The minimum atomic E-state index is -0.518. The van der Waals surface area contributed by atoms with Crippen molar-refractivity contribution in [1.29, 1.82) is 0 Å². The molecule has 0 aliphatic heterocycles. The van der Waals surface area contributed by atoms with Gasteiger partial charge in [-0.25, -0.2) is 4.39 Å². The highest BCUT2D eigenvalue weighted by Crippen LogP contribution is 2.25. The summed E-state index contributed by atoms with van der Waals surface area (Å²) in [5, 5.41) is 10.6. The Bertz CT molecular complexity index is 347. The largest absolute Gasteiger partial charge is 0.392 e. The molecular weight excluding hydrogens is 251 g/mol. The first-order valence-corrected chi connectivity index (χ1v) is 7.08. The topological polar surface area (TPSA) is 20.2 Å². The van der Waals surface area contributed by atoms with Crippen molar-refractivity contribution in [3.05, 3.63) is 34.6 Å². The Morgan fingerprint density at radius 1 is 1.33 bits per heavy atom. The van der Waals surface area contributed by atoms with Gasteiger partial charge in [-0.2, -0.15) is 0 Å². The van der Waals surface area contributed by atoms with Crippen LogP contribution >= 0.6 is 11.6 Å². The van der Waals surface area contributed by atoms with Crippen LogP contribution in [0.2, 0.25) is 5.02 Å². The van der Waals surface area contributed by atoms with Crippen LogP contribution in [0.5, 0.6) is 0 Å². The van der Waals surface area contributed by atoms with Crippen molar-refractivity contribution in [2.75, 3.05) is 0 Å². The van der Waals surface area contributed by atoms with Crippen LogP contribution in [-0.2, 0) is 6.42 Å². The van der Waals surface area contributed by atoms with Crippen molar-refractivity contribution >= 4 is 11.6 Å². The Labute approximate surface area is 114 Å². The van der Waals surface area contributed by atoms with Gasteiger partial charge in [0.05, 0.1) is 6.10 Å². The number of rotatable bonds is 7. The number of hydrogen-bond acceptors (Lipinski definition) is 1. The maximum atomic E-state index is 13.6. The van der Waals surface area contributed by atoms with Gasteiger partial charge in [0.15, 0.2) is 0 Å². The summed E-state index contributed by atoms with van der Waals surface area (Å²) in [5.74, 6) is -0.104. The summed E-state index contributed by atoms with van der Waals surface area (Å²) in [4.78, 5) is 0. The predicted octanol–water partition coefficient (Wildman–Crippen LogP) is 4.60.